The Bertz CT molecular complexity index is 1670. The van der Waals surface area contributed by atoms with Crippen molar-refractivity contribution in [2.45, 2.75) is 64.0 Å². The fraction of sp³-hybridized carbons (Fsp3) is 0.433. The number of imidazole rings is 1. The molecule has 4 heterocycles. The number of hydrogen-bond donors (Lipinski definition) is 1. The Morgan fingerprint density at radius 2 is 1.81 bits per heavy atom. The first kappa shape index (κ1) is 29.8. The van der Waals surface area contributed by atoms with Crippen molar-refractivity contribution >= 4 is 25.2 Å². The van der Waals surface area contributed by atoms with Crippen LogP contribution in [0.25, 0.3) is 22.3 Å². The molecule has 5 rings (SSSR count). The molecule has 0 unspecified atom stereocenters. The summed E-state index contributed by atoms with van der Waals surface area (Å²) in [4.78, 5) is 19.1. The number of piperidine rings is 1. The molecule has 1 fully saturated rings. The van der Waals surface area contributed by atoms with Crippen LogP contribution in [0.15, 0.2) is 36.9 Å². The van der Waals surface area contributed by atoms with E-state index in [1.54, 1.807) is 12.5 Å². The number of fused-ring (bicyclic) bond motifs is 1. The highest BCUT2D eigenvalue weighted by Gasteiger charge is 2.35. The number of aryl methyl sites for hydroxylation is 1. The van der Waals surface area contributed by atoms with Gasteiger partial charge >= 0.3 is 6.18 Å². The van der Waals surface area contributed by atoms with E-state index < -0.39 is 31.5 Å². The zero-order valence-corrected chi connectivity index (χ0v) is 25.5. The van der Waals surface area contributed by atoms with Crippen LogP contribution in [0.1, 0.15) is 49.6 Å². The summed E-state index contributed by atoms with van der Waals surface area (Å²) in [6.07, 6.45) is 1.85. The second-order valence-electron chi connectivity index (χ2n) is 12.1. The van der Waals surface area contributed by atoms with Gasteiger partial charge in [-0.25, -0.2) is 19.3 Å². The lowest BCUT2D eigenvalue weighted by atomic mass is 9.95. The summed E-state index contributed by atoms with van der Waals surface area (Å²) in [5.74, 6) is 6.96. The highest BCUT2D eigenvalue weighted by molar-refractivity contribution is 6.69. The molecular formula is C30H34F4N6OSi. The van der Waals surface area contributed by atoms with E-state index in [1.807, 2.05) is 31.7 Å². The number of H-pyrrole nitrogens is 1. The van der Waals surface area contributed by atoms with Gasteiger partial charge in [0.05, 0.1) is 22.2 Å². The summed E-state index contributed by atoms with van der Waals surface area (Å²) >= 11 is 0. The molecule has 1 N–H and O–H groups in total. The minimum atomic E-state index is -4.78. The van der Waals surface area contributed by atoms with Crippen molar-refractivity contribution in [2.75, 3.05) is 18.0 Å². The molecule has 0 radical (unpaired) electrons. The van der Waals surface area contributed by atoms with Crippen molar-refractivity contribution in [1.82, 2.24) is 24.5 Å². The van der Waals surface area contributed by atoms with Gasteiger partial charge in [-0.15, -0.1) is 0 Å². The topological polar surface area (TPSA) is 71.9 Å². The Labute approximate surface area is 243 Å². The zero-order chi connectivity index (χ0) is 30.4. The fourth-order valence-corrected chi connectivity index (χ4v) is 7.13. The molecule has 0 amide bonds. The number of aromatic nitrogens is 5. The van der Waals surface area contributed by atoms with Crippen LogP contribution in [0, 0.1) is 17.7 Å². The number of nitrogens with one attached hydrogen (secondary N) is 1. The molecule has 0 aliphatic carbocycles. The molecule has 0 spiro atoms. The highest BCUT2D eigenvalue weighted by atomic mass is 28.4. The van der Waals surface area contributed by atoms with Crippen LogP contribution in [0.4, 0.5) is 23.4 Å². The van der Waals surface area contributed by atoms with E-state index in [1.165, 1.54) is 6.07 Å². The Balaban J connectivity index is 1.35. The van der Waals surface area contributed by atoms with Crippen molar-refractivity contribution in [3.63, 3.8) is 0 Å². The van der Waals surface area contributed by atoms with Gasteiger partial charge < -0.3 is 18.9 Å². The molecule has 0 bridgehead atoms. The first-order chi connectivity index (χ1) is 19.6. The molecule has 1 saturated heterocycles. The van der Waals surface area contributed by atoms with Crippen LogP contribution in [0.3, 0.4) is 0 Å². The lowest BCUT2D eigenvalue weighted by molar-refractivity contribution is -0.139. The van der Waals surface area contributed by atoms with Gasteiger partial charge in [-0.05, 0) is 64.5 Å². The van der Waals surface area contributed by atoms with Gasteiger partial charge in [-0.2, -0.15) is 13.2 Å². The minimum absolute atomic E-state index is 0.102. The maximum atomic E-state index is 13.8. The van der Waals surface area contributed by atoms with E-state index in [-0.39, 0.29) is 11.5 Å². The van der Waals surface area contributed by atoms with Crippen molar-refractivity contribution in [3.8, 4) is 23.1 Å². The first-order valence-electron chi connectivity index (χ1n) is 13.8. The van der Waals surface area contributed by atoms with Crippen LogP contribution in [0.5, 0.6) is 0 Å². The third-order valence-electron chi connectivity index (χ3n) is 7.15. The van der Waals surface area contributed by atoms with Crippen molar-refractivity contribution in [2.24, 2.45) is 7.05 Å². The summed E-state index contributed by atoms with van der Waals surface area (Å²) in [6.45, 7) is 11.8. The number of hydrogen-bond acceptors (Lipinski definition) is 5. The van der Waals surface area contributed by atoms with Gasteiger partial charge in [-0.3, -0.25) is 0 Å². The smallest absolute Gasteiger partial charge is 0.402 e. The van der Waals surface area contributed by atoms with E-state index >= 15 is 0 Å². The first-order valence-corrected chi connectivity index (χ1v) is 17.2. The summed E-state index contributed by atoms with van der Waals surface area (Å²) in [5, 5.41) is 0.864. The molecule has 42 heavy (non-hydrogen) atoms. The average Bonchev–Trinajstić information content (AvgIpc) is 3.49. The quantitative estimate of drug-likeness (QED) is 0.154. The SMILES string of the molecule is Cn1cc(-c2ccc(F)c(C(F)(F)F)c2)nc1C1CCN(c2ncnc3[nH]cc(C#CC(C)(C)O[Si](C)(C)C)c23)CC1. The third-order valence-corrected chi connectivity index (χ3v) is 8.27. The molecule has 1 aliphatic heterocycles. The summed E-state index contributed by atoms with van der Waals surface area (Å²) in [7, 11) is 0.0464. The standard InChI is InChI=1S/C30H34F4N6OSi/c1-29(2,41-42(4,5)6)12-9-21-16-35-26-25(21)28(37-18-36-26)40-13-10-19(11-14-40)27-38-24(17-39(27)3)20-7-8-23(31)22(15-20)30(32,33)34/h7-8,15-19H,10-11,13-14H2,1-6H3,(H,35,36,37). The number of halogens is 4. The van der Waals surface area contributed by atoms with Gasteiger partial charge in [0.15, 0.2) is 8.32 Å². The lowest BCUT2D eigenvalue weighted by Gasteiger charge is -2.32. The number of aromatic amines is 1. The van der Waals surface area contributed by atoms with E-state index in [2.05, 4.69) is 56.3 Å². The van der Waals surface area contributed by atoms with Crippen molar-refractivity contribution < 1.29 is 22.0 Å². The Hall–Kier alpha value is -3.69. The van der Waals surface area contributed by atoms with Gasteiger partial charge in [0, 0.05) is 44.0 Å². The van der Waals surface area contributed by atoms with Gasteiger partial charge in [0.1, 0.15) is 35.0 Å². The Morgan fingerprint density at radius 1 is 1.10 bits per heavy atom. The minimum Gasteiger partial charge on any atom is -0.402 e. The molecule has 222 valence electrons. The molecule has 0 saturated carbocycles. The van der Waals surface area contributed by atoms with Crippen LogP contribution >= 0.6 is 0 Å². The molecule has 12 heteroatoms. The normalized spacial score (nSPS) is 15.2. The fourth-order valence-electron chi connectivity index (χ4n) is 5.54. The number of benzene rings is 1. The van der Waals surface area contributed by atoms with Crippen LogP contribution < -0.4 is 4.90 Å². The molecular weight excluding hydrogens is 564 g/mol. The van der Waals surface area contributed by atoms with Gasteiger partial charge in [0.2, 0.25) is 0 Å². The predicted octanol–water partition coefficient (Wildman–Crippen LogP) is 6.88. The molecule has 1 aliphatic rings. The second-order valence-corrected chi connectivity index (χ2v) is 16.6. The summed E-state index contributed by atoms with van der Waals surface area (Å²) < 4.78 is 61.7. The zero-order valence-electron chi connectivity index (χ0n) is 24.5. The molecule has 1 aromatic carbocycles. The van der Waals surface area contributed by atoms with E-state index in [9.17, 15) is 17.6 Å². The maximum absolute atomic E-state index is 13.8. The van der Waals surface area contributed by atoms with Gasteiger partial charge in [0.25, 0.3) is 0 Å². The van der Waals surface area contributed by atoms with E-state index in [0.717, 1.165) is 47.6 Å². The van der Waals surface area contributed by atoms with Crippen molar-refractivity contribution in [1.29, 1.82) is 0 Å². The van der Waals surface area contributed by atoms with E-state index in [0.29, 0.717) is 24.4 Å². The van der Waals surface area contributed by atoms with Gasteiger partial charge in [-0.1, -0.05) is 11.8 Å². The second kappa shape index (κ2) is 10.9. The lowest BCUT2D eigenvalue weighted by Crippen LogP contribution is -2.37. The number of rotatable bonds is 5. The molecule has 3 aromatic heterocycles. The largest absolute Gasteiger partial charge is 0.419 e. The Kier molecular flexibility index (Phi) is 7.70. The third kappa shape index (κ3) is 6.37. The Morgan fingerprint density at radius 3 is 2.48 bits per heavy atom. The summed E-state index contributed by atoms with van der Waals surface area (Å²) in [5.41, 5.74) is 0.242. The molecule has 4 aromatic rings. The predicted molar refractivity (Wildman–Crippen MR) is 157 cm³/mol. The van der Waals surface area contributed by atoms with E-state index in [4.69, 9.17) is 4.43 Å². The molecule has 0 atom stereocenters. The monoisotopic (exact) mass is 598 g/mol. The van der Waals surface area contributed by atoms with Crippen LogP contribution in [0.2, 0.25) is 19.6 Å². The number of anilines is 1. The maximum Gasteiger partial charge on any atom is 0.419 e. The van der Waals surface area contributed by atoms with Crippen LogP contribution in [-0.4, -0.2) is 51.5 Å². The van der Waals surface area contributed by atoms with Crippen LogP contribution in [-0.2, 0) is 17.6 Å². The molecule has 7 nitrogen and oxygen atoms in total. The van der Waals surface area contributed by atoms with Crippen molar-refractivity contribution in [3.05, 3.63) is 59.7 Å². The highest BCUT2D eigenvalue weighted by Crippen LogP contribution is 2.36. The average molecular weight is 599 g/mol. The summed E-state index contributed by atoms with van der Waals surface area (Å²) in [6, 6.07) is 2.99. The number of nitrogens with zero attached hydrogens (tertiary/aromatic N) is 5. The number of alkyl halides is 3.